The largest absolute Gasteiger partial charge is 0.374 e. The van der Waals surface area contributed by atoms with Crippen LogP contribution < -0.4 is 4.72 Å². The maximum absolute atomic E-state index is 12.6. The molecule has 2 aromatic rings. The number of benzene rings is 1. The molecule has 0 saturated carbocycles. The Balaban J connectivity index is 2.12. The summed E-state index contributed by atoms with van der Waals surface area (Å²) in [6.45, 7) is 10.0. The van der Waals surface area contributed by atoms with Crippen LogP contribution in [-0.4, -0.2) is 25.7 Å². The van der Waals surface area contributed by atoms with Gasteiger partial charge in [-0.2, -0.15) is 4.98 Å². The van der Waals surface area contributed by atoms with Crippen molar-refractivity contribution in [3.8, 4) is 0 Å². The van der Waals surface area contributed by atoms with E-state index in [2.05, 4.69) is 14.9 Å². The van der Waals surface area contributed by atoms with Gasteiger partial charge in [0.15, 0.2) is 5.82 Å². The number of nitrogens with one attached hydrogen (secondary N) is 1. The molecule has 1 N–H and O–H groups in total. The highest BCUT2D eigenvalue weighted by molar-refractivity contribution is 7.84. The zero-order valence-corrected chi connectivity index (χ0v) is 15.6. The van der Waals surface area contributed by atoms with Crippen molar-refractivity contribution in [3.05, 3.63) is 47.6 Å². The van der Waals surface area contributed by atoms with Gasteiger partial charge in [-0.3, -0.25) is 0 Å². The third-order valence-electron chi connectivity index (χ3n) is 3.40. The molecule has 0 saturated heterocycles. The van der Waals surface area contributed by atoms with Crippen molar-refractivity contribution in [2.24, 2.45) is 0 Å². The summed E-state index contributed by atoms with van der Waals surface area (Å²) in [5.74, 6) is 0.897. The topological polar surface area (TPSA) is 77.2 Å². The smallest absolute Gasteiger partial charge is 0.223 e. The lowest BCUT2D eigenvalue weighted by Crippen LogP contribution is -2.49. The number of ether oxygens (including phenoxy) is 1. The fourth-order valence-electron chi connectivity index (χ4n) is 1.97. The first kappa shape index (κ1) is 18.8. The van der Waals surface area contributed by atoms with Gasteiger partial charge in [-0.25, -0.2) is 8.93 Å². The van der Waals surface area contributed by atoms with Crippen molar-refractivity contribution < 1.29 is 13.5 Å². The fourth-order valence-corrected chi connectivity index (χ4v) is 2.83. The van der Waals surface area contributed by atoms with Gasteiger partial charge < -0.3 is 9.26 Å². The van der Waals surface area contributed by atoms with Crippen LogP contribution in [0.1, 0.15) is 45.0 Å². The Hall–Kier alpha value is -1.57. The first-order valence-corrected chi connectivity index (χ1v) is 8.98. The molecular weight excluding hydrogens is 326 g/mol. The number of hydrogen-bond acceptors (Lipinski definition) is 5. The van der Waals surface area contributed by atoms with E-state index in [4.69, 9.17) is 9.26 Å². The predicted octanol–water partition coefficient (Wildman–Crippen LogP) is 2.86. The first-order valence-electron chi connectivity index (χ1n) is 7.83. The van der Waals surface area contributed by atoms with Crippen LogP contribution in [-0.2, 0) is 27.9 Å². The molecule has 0 spiro atoms. The predicted molar refractivity (Wildman–Crippen MR) is 93.5 cm³/mol. The Morgan fingerprint density at radius 3 is 2.42 bits per heavy atom. The molecule has 0 aliphatic carbocycles. The van der Waals surface area contributed by atoms with Crippen LogP contribution in [0, 0.1) is 6.92 Å². The second-order valence-electron chi connectivity index (χ2n) is 6.93. The second-order valence-corrected chi connectivity index (χ2v) is 8.90. The van der Waals surface area contributed by atoms with Crippen molar-refractivity contribution in [1.82, 2.24) is 14.9 Å². The second kappa shape index (κ2) is 7.55. The molecule has 0 bridgehead atoms. The Morgan fingerprint density at radius 2 is 1.88 bits per heavy atom. The van der Waals surface area contributed by atoms with Gasteiger partial charge >= 0.3 is 0 Å². The molecular formula is C17H25N3O3S. The first-order chi connectivity index (χ1) is 11.2. The molecule has 7 heteroatoms. The van der Waals surface area contributed by atoms with Crippen LogP contribution in [0.15, 0.2) is 34.9 Å². The normalized spacial score (nSPS) is 15.9. The monoisotopic (exact) mass is 351 g/mol. The molecule has 2 atom stereocenters. The summed E-state index contributed by atoms with van der Waals surface area (Å²) in [6.07, 6.45) is 0. The van der Waals surface area contributed by atoms with Crippen LogP contribution in [0.3, 0.4) is 0 Å². The van der Waals surface area contributed by atoms with Gasteiger partial charge in [0, 0.05) is 6.92 Å². The lowest BCUT2D eigenvalue weighted by atomic mass is 10.1. The zero-order valence-electron chi connectivity index (χ0n) is 14.8. The Morgan fingerprint density at radius 1 is 1.21 bits per heavy atom. The van der Waals surface area contributed by atoms with E-state index in [-0.39, 0.29) is 6.61 Å². The van der Waals surface area contributed by atoms with Gasteiger partial charge in [-0.15, -0.1) is 0 Å². The van der Waals surface area contributed by atoms with E-state index < -0.39 is 21.3 Å². The molecule has 1 aromatic carbocycles. The van der Waals surface area contributed by atoms with Crippen LogP contribution in [0.2, 0.25) is 0 Å². The highest BCUT2D eigenvalue weighted by atomic mass is 32.2. The highest BCUT2D eigenvalue weighted by Crippen LogP contribution is 2.22. The molecule has 24 heavy (non-hydrogen) atoms. The molecule has 1 heterocycles. The van der Waals surface area contributed by atoms with Gasteiger partial charge in [0.1, 0.15) is 5.54 Å². The van der Waals surface area contributed by atoms with E-state index in [0.717, 1.165) is 5.56 Å². The maximum Gasteiger partial charge on any atom is 0.223 e. The number of aryl methyl sites for hydroxylation is 1. The van der Waals surface area contributed by atoms with E-state index in [1.165, 1.54) is 0 Å². The van der Waals surface area contributed by atoms with Gasteiger partial charge in [-0.05, 0) is 33.3 Å². The summed E-state index contributed by atoms with van der Waals surface area (Å²) in [6, 6.07) is 9.89. The van der Waals surface area contributed by atoms with E-state index in [0.29, 0.717) is 18.3 Å². The van der Waals surface area contributed by atoms with E-state index >= 15 is 0 Å². The molecule has 1 aromatic heterocycles. The summed E-state index contributed by atoms with van der Waals surface area (Å²) in [4.78, 5) is 4.29. The van der Waals surface area contributed by atoms with E-state index in [1.807, 2.05) is 58.0 Å². The average molecular weight is 351 g/mol. The van der Waals surface area contributed by atoms with E-state index in [1.54, 1.807) is 6.92 Å². The van der Waals surface area contributed by atoms with Crippen molar-refractivity contribution in [1.29, 1.82) is 0 Å². The maximum atomic E-state index is 12.6. The molecule has 0 radical (unpaired) electrons. The third kappa shape index (κ3) is 4.96. The van der Waals surface area contributed by atoms with E-state index in [9.17, 15) is 4.21 Å². The fraction of sp³-hybridized carbons (Fsp3) is 0.529. The SMILES string of the molecule is Cc1nc([C@@](C)(COCc2ccccc2)N[S@](=O)C(C)(C)C)no1. The summed E-state index contributed by atoms with van der Waals surface area (Å²) in [7, 11) is -1.30. The number of rotatable bonds is 7. The van der Waals surface area contributed by atoms with Crippen molar-refractivity contribution in [3.63, 3.8) is 0 Å². The van der Waals surface area contributed by atoms with Gasteiger partial charge in [0.25, 0.3) is 0 Å². The summed E-state index contributed by atoms with van der Waals surface area (Å²) in [5, 5.41) is 3.99. The van der Waals surface area contributed by atoms with Crippen LogP contribution in [0.25, 0.3) is 0 Å². The number of hydrogen-bond donors (Lipinski definition) is 1. The summed E-state index contributed by atoms with van der Waals surface area (Å²) >= 11 is 0. The average Bonchev–Trinajstić information content (AvgIpc) is 2.95. The molecule has 0 amide bonds. The molecule has 0 unspecified atom stereocenters. The summed E-state index contributed by atoms with van der Waals surface area (Å²) in [5.41, 5.74) is 0.256. The minimum atomic E-state index is -1.30. The van der Waals surface area contributed by atoms with Crippen LogP contribution in [0.5, 0.6) is 0 Å². The molecule has 0 aliphatic rings. The summed E-state index contributed by atoms with van der Waals surface area (Å²) < 4.78 is 26.2. The van der Waals surface area contributed by atoms with Crippen molar-refractivity contribution in [2.75, 3.05) is 6.61 Å². The standard InChI is InChI=1S/C17H25N3O3S/c1-13-18-15(19-23-13)17(5,20-24(21)16(2,3)4)12-22-11-14-9-7-6-8-10-14/h6-10,20H,11-12H2,1-5H3/t17-,24-/m1/s1. The molecule has 132 valence electrons. The number of nitrogens with zero attached hydrogens (tertiary/aromatic N) is 2. The molecule has 0 fully saturated rings. The Bertz CT molecular complexity index is 682. The minimum Gasteiger partial charge on any atom is -0.374 e. The zero-order chi connectivity index (χ0) is 17.8. The lowest BCUT2D eigenvalue weighted by Gasteiger charge is -2.30. The van der Waals surface area contributed by atoms with Crippen LogP contribution in [0.4, 0.5) is 0 Å². The molecule has 2 rings (SSSR count). The molecule has 0 aliphatic heterocycles. The third-order valence-corrected chi connectivity index (χ3v) is 5.15. The lowest BCUT2D eigenvalue weighted by molar-refractivity contribution is 0.0683. The van der Waals surface area contributed by atoms with Crippen LogP contribution >= 0.6 is 0 Å². The Kier molecular flexibility index (Phi) is 5.90. The molecule has 6 nitrogen and oxygen atoms in total. The van der Waals surface area contributed by atoms with Gasteiger partial charge in [-0.1, -0.05) is 35.5 Å². The highest BCUT2D eigenvalue weighted by Gasteiger charge is 2.36. The quantitative estimate of drug-likeness (QED) is 0.830. The van der Waals surface area contributed by atoms with Crippen molar-refractivity contribution in [2.45, 2.75) is 51.5 Å². The Labute approximate surface area is 145 Å². The van der Waals surface area contributed by atoms with Gasteiger partial charge in [0.05, 0.1) is 28.9 Å². The van der Waals surface area contributed by atoms with Crippen molar-refractivity contribution >= 4 is 11.0 Å². The number of aromatic nitrogens is 2. The van der Waals surface area contributed by atoms with Gasteiger partial charge in [0.2, 0.25) is 5.89 Å². The minimum absolute atomic E-state index is 0.267.